The minimum Gasteiger partial charge on any atom is -0.447 e. The van der Waals surface area contributed by atoms with Crippen molar-refractivity contribution in [3.8, 4) is 5.75 Å². The van der Waals surface area contributed by atoms with Gasteiger partial charge >= 0.3 is 5.24 Å². The SMILES string of the molecule is CCCO[C@H]1O[C@@H](C)[C@@H](O)[C@@H](OC(=S)Oc2ccc(Cl)cc2)[C@@H]1O. The summed E-state index contributed by atoms with van der Waals surface area (Å²) in [7, 11) is 0. The van der Waals surface area contributed by atoms with Gasteiger partial charge in [0.1, 0.15) is 18.0 Å². The van der Waals surface area contributed by atoms with Crippen LogP contribution in [0.1, 0.15) is 20.3 Å². The third kappa shape index (κ3) is 5.02. The van der Waals surface area contributed by atoms with Crippen molar-refractivity contribution in [2.75, 3.05) is 6.61 Å². The quantitative estimate of drug-likeness (QED) is 0.763. The van der Waals surface area contributed by atoms with Gasteiger partial charge in [0.25, 0.3) is 0 Å². The summed E-state index contributed by atoms with van der Waals surface area (Å²) in [5, 5.41) is 20.9. The molecule has 1 heterocycles. The molecule has 1 aromatic carbocycles. The van der Waals surface area contributed by atoms with Gasteiger partial charge in [0, 0.05) is 23.8 Å². The average Bonchev–Trinajstić information content (AvgIpc) is 2.56. The second-order valence-electron chi connectivity index (χ2n) is 5.45. The summed E-state index contributed by atoms with van der Waals surface area (Å²) in [4.78, 5) is 0. The standard InChI is InChI=1S/C16H21ClO6S/c1-3-8-20-15-13(19)14(12(18)9(2)21-15)23-16(24)22-11-6-4-10(17)5-7-11/h4-7,9,12-15,18-19H,3,8H2,1-2H3/t9-,12+,13-,14+,15-/m0/s1. The molecular formula is C16H21ClO6S. The zero-order chi connectivity index (χ0) is 17.7. The molecule has 0 radical (unpaired) electrons. The van der Waals surface area contributed by atoms with E-state index in [1.54, 1.807) is 31.2 Å². The Balaban J connectivity index is 1.99. The van der Waals surface area contributed by atoms with Gasteiger partial charge in [0.2, 0.25) is 0 Å². The second kappa shape index (κ2) is 8.94. The summed E-state index contributed by atoms with van der Waals surface area (Å²) in [5.74, 6) is 0.437. The molecule has 0 saturated carbocycles. The maximum atomic E-state index is 10.3. The van der Waals surface area contributed by atoms with Crippen LogP contribution in [-0.2, 0) is 14.2 Å². The van der Waals surface area contributed by atoms with Crippen molar-refractivity contribution >= 4 is 29.1 Å². The first-order valence-electron chi connectivity index (χ1n) is 7.69. The van der Waals surface area contributed by atoms with Gasteiger partial charge in [-0.2, -0.15) is 0 Å². The number of thiocarbonyl (C=S) groups is 1. The Morgan fingerprint density at radius 3 is 2.54 bits per heavy atom. The van der Waals surface area contributed by atoms with E-state index in [1.807, 2.05) is 6.92 Å². The van der Waals surface area contributed by atoms with Crippen LogP contribution in [0, 0.1) is 0 Å². The number of hydrogen-bond acceptors (Lipinski definition) is 7. The maximum absolute atomic E-state index is 10.3. The van der Waals surface area contributed by atoms with Crippen LogP contribution in [-0.4, -0.2) is 52.8 Å². The number of aliphatic hydroxyl groups excluding tert-OH is 2. The van der Waals surface area contributed by atoms with Crippen molar-refractivity contribution in [3.63, 3.8) is 0 Å². The Morgan fingerprint density at radius 1 is 1.25 bits per heavy atom. The molecule has 1 aliphatic rings. The normalized spacial score (nSPS) is 30.0. The zero-order valence-electron chi connectivity index (χ0n) is 13.4. The summed E-state index contributed by atoms with van der Waals surface area (Å²) < 4.78 is 21.7. The summed E-state index contributed by atoms with van der Waals surface area (Å²) in [6.45, 7) is 4.03. The Bertz CT molecular complexity index is 540. The van der Waals surface area contributed by atoms with Crippen molar-refractivity contribution in [3.05, 3.63) is 29.3 Å². The van der Waals surface area contributed by atoms with Crippen LogP contribution in [0.3, 0.4) is 0 Å². The second-order valence-corrected chi connectivity index (χ2v) is 6.22. The topological polar surface area (TPSA) is 77.4 Å². The molecule has 0 aromatic heterocycles. The van der Waals surface area contributed by atoms with Gasteiger partial charge in [0.05, 0.1) is 6.10 Å². The fourth-order valence-corrected chi connectivity index (χ4v) is 2.58. The predicted octanol–water partition coefficient (Wildman–Crippen LogP) is 2.28. The molecule has 2 rings (SSSR count). The Morgan fingerprint density at radius 2 is 1.92 bits per heavy atom. The number of hydrogen-bond donors (Lipinski definition) is 2. The third-order valence-corrected chi connectivity index (χ3v) is 3.95. The summed E-state index contributed by atoms with van der Waals surface area (Å²) in [5.41, 5.74) is 0. The molecule has 5 atom stereocenters. The molecule has 1 aromatic rings. The number of halogens is 1. The number of ether oxygens (including phenoxy) is 4. The molecule has 134 valence electrons. The highest BCUT2D eigenvalue weighted by Gasteiger charge is 2.45. The molecule has 0 amide bonds. The maximum Gasteiger partial charge on any atom is 0.358 e. The van der Waals surface area contributed by atoms with Gasteiger partial charge in [-0.05, 0) is 37.6 Å². The lowest BCUT2D eigenvalue weighted by molar-refractivity contribution is -0.291. The van der Waals surface area contributed by atoms with Crippen LogP contribution in [0.5, 0.6) is 5.75 Å². The van der Waals surface area contributed by atoms with E-state index in [2.05, 4.69) is 0 Å². The fraction of sp³-hybridized carbons (Fsp3) is 0.562. The summed E-state index contributed by atoms with van der Waals surface area (Å²) in [6, 6.07) is 6.55. The van der Waals surface area contributed by atoms with Crippen molar-refractivity contribution in [1.29, 1.82) is 0 Å². The van der Waals surface area contributed by atoms with Crippen LogP contribution in [0.2, 0.25) is 5.02 Å². The first kappa shape index (κ1) is 19.4. The molecule has 0 bridgehead atoms. The van der Waals surface area contributed by atoms with E-state index in [0.29, 0.717) is 17.4 Å². The molecule has 1 fully saturated rings. The minimum absolute atomic E-state index is 0.219. The van der Waals surface area contributed by atoms with Crippen LogP contribution in [0.15, 0.2) is 24.3 Å². The minimum atomic E-state index is -1.20. The fourth-order valence-electron chi connectivity index (χ4n) is 2.24. The molecule has 6 nitrogen and oxygen atoms in total. The van der Waals surface area contributed by atoms with Crippen molar-refractivity contribution < 1.29 is 29.2 Å². The lowest BCUT2D eigenvalue weighted by atomic mass is 10.00. The van der Waals surface area contributed by atoms with E-state index in [0.717, 1.165) is 6.42 Å². The van der Waals surface area contributed by atoms with Crippen LogP contribution in [0.4, 0.5) is 0 Å². The van der Waals surface area contributed by atoms with Gasteiger partial charge < -0.3 is 29.2 Å². The smallest absolute Gasteiger partial charge is 0.358 e. The van der Waals surface area contributed by atoms with E-state index >= 15 is 0 Å². The summed E-state index contributed by atoms with van der Waals surface area (Å²) >= 11 is 10.8. The van der Waals surface area contributed by atoms with E-state index in [4.69, 9.17) is 42.8 Å². The van der Waals surface area contributed by atoms with Gasteiger partial charge in [-0.25, -0.2) is 0 Å². The highest BCUT2D eigenvalue weighted by molar-refractivity contribution is 7.79. The monoisotopic (exact) mass is 376 g/mol. The highest BCUT2D eigenvalue weighted by Crippen LogP contribution is 2.25. The number of aliphatic hydroxyl groups is 2. The highest BCUT2D eigenvalue weighted by atomic mass is 35.5. The van der Waals surface area contributed by atoms with Gasteiger partial charge in [-0.1, -0.05) is 18.5 Å². The Labute approximate surface area is 151 Å². The van der Waals surface area contributed by atoms with Gasteiger partial charge in [0.15, 0.2) is 12.4 Å². The van der Waals surface area contributed by atoms with Crippen molar-refractivity contribution in [1.82, 2.24) is 0 Å². The third-order valence-electron chi connectivity index (χ3n) is 3.52. The van der Waals surface area contributed by atoms with Crippen molar-refractivity contribution in [2.45, 2.75) is 51.0 Å². The molecule has 0 unspecified atom stereocenters. The molecule has 0 aliphatic carbocycles. The first-order valence-corrected chi connectivity index (χ1v) is 8.48. The molecule has 2 N–H and O–H groups in total. The van der Waals surface area contributed by atoms with Gasteiger partial charge in [-0.15, -0.1) is 0 Å². The number of rotatable bonds is 5. The van der Waals surface area contributed by atoms with Crippen molar-refractivity contribution in [2.24, 2.45) is 0 Å². The lowest BCUT2D eigenvalue weighted by Gasteiger charge is -2.40. The van der Waals surface area contributed by atoms with Crippen LogP contribution in [0.25, 0.3) is 0 Å². The lowest BCUT2D eigenvalue weighted by Crippen LogP contribution is -2.59. The molecule has 1 saturated heterocycles. The number of benzene rings is 1. The first-order chi connectivity index (χ1) is 11.4. The van der Waals surface area contributed by atoms with E-state index in [9.17, 15) is 10.2 Å². The van der Waals surface area contributed by atoms with Crippen LogP contribution < -0.4 is 4.74 Å². The van der Waals surface area contributed by atoms with Crippen LogP contribution >= 0.6 is 23.8 Å². The van der Waals surface area contributed by atoms with E-state index in [-0.39, 0.29) is 5.24 Å². The molecular weight excluding hydrogens is 356 g/mol. The Kier molecular flexibility index (Phi) is 7.21. The molecule has 0 spiro atoms. The Hall–Kier alpha value is -0.960. The van der Waals surface area contributed by atoms with E-state index in [1.165, 1.54) is 0 Å². The largest absolute Gasteiger partial charge is 0.447 e. The average molecular weight is 377 g/mol. The summed E-state index contributed by atoms with van der Waals surface area (Å²) in [6.07, 6.45) is -4.00. The van der Waals surface area contributed by atoms with E-state index < -0.39 is 30.7 Å². The molecule has 24 heavy (non-hydrogen) atoms. The molecule has 1 aliphatic heterocycles. The van der Waals surface area contributed by atoms with Gasteiger partial charge in [-0.3, -0.25) is 0 Å². The predicted molar refractivity (Wildman–Crippen MR) is 92.1 cm³/mol. The zero-order valence-corrected chi connectivity index (χ0v) is 15.0. The molecule has 8 heteroatoms.